The van der Waals surface area contributed by atoms with Gasteiger partial charge in [0.05, 0.1) is 0 Å². The van der Waals surface area contributed by atoms with Gasteiger partial charge in [-0.2, -0.15) is 0 Å². The lowest BCUT2D eigenvalue weighted by molar-refractivity contribution is 0.0705. The van der Waals surface area contributed by atoms with E-state index in [9.17, 15) is 5.11 Å². The molecule has 6 rings (SSSR count). The Morgan fingerprint density at radius 3 is 1.72 bits per heavy atom. The molecule has 25 heavy (non-hydrogen) atoms. The van der Waals surface area contributed by atoms with Crippen molar-refractivity contribution in [1.82, 2.24) is 0 Å². The van der Waals surface area contributed by atoms with Crippen LogP contribution in [0.15, 0.2) is 54.1 Å². The first-order valence-electron chi connectivity index (χ1n) is 9.47. The van der Waals surface area contributed by atoms with E-state index in [0.29, 0.717) is 5.75 Å². The van der Waals surface area contributed by atoms with Crippen molar-refractivity contribution in [2.75, 3.05) is 0 Å². The summed E-state index contributed by atoms with van der Waals surface area (Å²) in [5.74, 6) is 3.73. The van der Waals surface area contributed by atoms with Crippen molar-refractivity contribution >= 4 is 17.2 Å². The van der Waals surface area contributed by atoms with E-state index < -0.39 is 0 Å². The van der Waals surface area contributed by atoms with Crippen LogP contribution in [0.5, 0.6) is 5.75 Å². The fraction of sp³-hybridized carbons (Fsp3) is 0.391. The summed E-state index contributed by atoms with van der Waals surface area (Å²) >= 11 is 6.14. The van der Waals surface area contributed by atoms with Crippen molar-refractivity contribution in [2.45, 2.75) is 32.1 Å². The highest BCUT2D eigenvalue weighted by Gasteiger charge is 2.46. The van der Waals surface area contributed by atoms with Crippen molar-refractivity contribution in [3.63, 3.8) is 0 Å². The van der Waals surface area contributed by atoms with E-state index in [2.05, 4.69) is 24.3 Å². The lowest BCUT2D eigenvalue weighted by Crippen LogP contribution is -2.40. The van der Waals surface area contributed by atoms with Gasteiger partial charge in [0.15, 0.2) is 0 Å². The largest absolute Gasteiger partial charge is 0.508 e. The number of benzene rings is 2. The molecule has 128 valence electrons. The van der Waals surface area contributed by atoms with E-state index in [1.807, 2.05) is 24.3 Å². The number of hydrogen-bond donors (Lipinski definition) is 1. The summed E-state index contributed by atoms with van der Waals surface area (Å²) in [6.07, 6.45) is 6.96. The lowest BCUT2D eigenvalue weighted by Gasteiger charge is -2.52. The summed E-state index contributed by atoms with van der Waals surface area (Å²) in [6, 6.07) is 16.0. The average molecular weight is 351 g/mol. The third-order valence-electron chi connectivity index (χ3n) is 6.60. The number of phenolic OH excluding ortho intramolecular Hbond substituents is 1. The fourth-order valence-corrected chi connectivity index (χ4v) is 5.97. The van der Waals surface area contributed by atoms with Gasteiger partial charge in [-0.3, -0.25) is 0 Å². The summed E-state index contributed by atoms with van der Waals surface area (Å²) in [5.41, 5.74) is 5.56. The molecule has 0 atom stereocenters. The Morgan fingerprint density at radius 1 is 0.720 bits per heavy atom. The monoisotopic (exact) mass is 350 g/mol. The number of phenols is 1. The topological polar surface area (TPSA) is 20.2 Å². The second-order valence-corrected chi connectivity index (χ2v) is 8.62. The first kappa shape index (κ1) is 15.5. The van der Waals surface area contributed by atoms with Crippen LogP contribution >= 0.6 is 11.6 Å². The van der Waals surface area contributed by atoms with Gasteiger partial charge in [0.1, 0.15) is 5.75 Å². The number of rotatable bonds is 2. The van der Waals surface area contributed by atoms with Gasteiger partial charge in [-0.15, -0.1) is 0 Å². The fourth-order valence-electron chi connectivity index (χ4n) is 5.84. The van der Waals surface area contributed by atoms with Gasteiger partial charge < -0.3 is 5.11 Å². The number of aromatic hydroxyl groups is 1. The molecule has 2 aromatic rings. The maximum absolute atomic E-state index is 9.72. The van der Waals surface area contributed by atoms with E-state index in [1.54, 1.807) is 5.57 Å². The highest BCUT2D eigenvalue weighted by molar-refractivity contribution is 6.30. The Morgan fingerprint density at radius 2 is 1.20 bits per heavy atom. The molecule has 0 aromatic heterocycles. The molecule has 0 spiro atoms. The Bertz CT molecular complexity index is 739. The Hall–Kier alpha value is -1.73. The highest BCUT2D eigenvalue weighted by atomic mass is 35.5. The first-order chi connectivity index (χ1) is 12.2. The van der Waals surface area contributed by atoms with Gasteiger partial charge in [-0.25, -0.2) is 0 Å². The number of halogens is 1. The SMILES string of the molecule is Oc1ccc(C(=C2C3C[C@H]4CC2C[C@@H](C3)C4)c2ccc(Cl)cc2)cc1. The van der Waals surface area contributed by atoms with Gasteiger partial charge in [0, 0.05) is 5.02 Å². The summed E-state index contributed by atoms with van der Waals surface area (Å²) in [6.45, 7) is 0. The number of hydrogen-bond acceptors (Lipinski definition) is 1. The van der Waals surface area contributed by atoms with Gasteiger partial charge in [-0.1, -0.05) is 41.4 Å². The molecule has 2 aromatic carbocycles. The van der Waals surface area contributed by atoms with Crippen LogP contribution in [0.4, 0.5) is 0 Å². The van der Waals surface area contributed by atoms with Crippen LogP contribution in [0.2, 0.25) is 5.02 Å². The smallest absolute Gasteiger partial charge is 0.115 e. The molecule has 0 aliphatic heterocycles. The van der Waals surface area contributed by atoms with E-state index in [0.717, 1.165) is 28.7 Å². The van der Waals surface area contributed by atoms with Gasteiger partial charge in [0.2, 0.25) is 0 Å². The van der Waals surface area contributed by atoms with Gasteiger partial charge in [0.25, 0.3) is 0 Å². The van der Waals surface area contributed by atoms with Crippen LogP contribution in [-0.4, -0.2) is 5.11 Å². The Balaban J connectivity index is 1.69. The normalized spacial score (nSPS) is 29.9. The summed E-state index contributed by atoms with van der Waals surface area (Å²) in [5, 5.41) is 10.5. The molecule has 1 N–H and O–H groups in total. The van der Waals surface area contributed by atoms with Crippen molar-refractivity contribution in [1.29, 1.82) is 0 Å². The lowest BCUT2D eigenvalue weighted by atomic mass is 9.53. The van der Waals surface area contributed by atoms with E-state index in [4.69, 9.17) is 11.6 Å². The molecule has 4 saturated carbocycles. The predicted molar refractivity (Wildman–Crippen MR) is 103 cm³/mol. The van der Waals surface area contributed by atoms with Crippen molar-refractivity contribution in [3.8, 4) is 5.75 Å². The zero-order valence-corrected chi connectivity index (χ0v) is 15.0. The maximum Gasteiger partial charge on any atom is 0.115 e. The highest BCUT2D eigenvalue weighted by Crippen LogP contribution is 2.58. The molecule has 0 amide bonds. The molecule has 2 heteroatoms. The van der Waals surface area contributed by atoms with Crippen molar-refractivity contribution in [3.05, 3.63) is 70.3 Å². The van der Waals surface area contributed by atoms with Crippen LogP contribution in [0.1, 0.15) is 43.2 Å². The van der Waals surface area contributed by atoms with E-state index in [1.165, 1.54) is 48.8 Å². The Kier molecular flexibility index (Phi) is 3.67. The summed E-state index contributed by atoms with van der Waals surface area (Å²) < 4.78 is 0. The molecule has 1 nitrogen and oxygen atoms in total. The van der Waals surface area contributed by atoms with E-state index in [-0.39, 0.29) is 0 Å². The molecule has 0 unspecified atom stereocenters. The molecule has 4 fully saturated rings. The second kappa shape index (κ2) is 5.92. The molecular formula is C23H23ClO. The molecular weight excluding hydrogens is 328 g/mol. The zero-order chi connectivity index (χ0) is 17.0. The van der Waals surface area contributed by atoms with Crippen LogP contribution in [0, 0.1) is 23.7 Å². The zero-order valence-electron chi connectivity index (χ0n) is 14.3. The van der Waals surface area contributed by atoms with Crippen molar-refractivity contribution in [2.24, 2.45) is 23.7 Å². The quantitative estimate of drug-likeness (QED) is 0.673. The van der Waals surface area contributed by atoms with Crippen LogP contribution in [-0.2, 0) is 0 Å². The molecule has 0 saturated heterocycles. The Labute approximate surface area is 154 Å². The van der Waals surface area contributed by atoms with Crippen LogP contribution in [0.25, 0.3) is 5.57 Å². The number of allylic oxidation sites excluding steroid dienone is 1. The minimum absolute atomic E-state index is 0.328. The summed E-state index contributed by atoms with van der Waals surface area (Å²) in [7, 11) is 0. The minimum atomic E-state index is 0.328. The standard InChI is InChI=1S/C23H23ClO/c24-20-5-1-16(2-6-20)22(17-3-7-21(25)8-4-17)23-18-10-14-9-15(12-18)13-19(23)11-14/h1-8,14-15,18-19,25H,9-13H2/t14-,15+,18?,19?. The molecule has 0 heterocycles. The first-order valence-corrected chi connectivity index (χ1v) is 9.84. The van der Waals surface area contributed by atoms with Gasteiger partial charge in [-0.05, 0) is 96.7 Å². The molecule has 0 radical (unpaired) electrons. The third kappa shape index (κ3) is 2.69. The maximum atomic E-state index is 9.72. The summed E-state index contributed by atoms with van der Waals surface area (Å²) in [4.78, 5) is 0. The van der Waals surface area contributed by atoms with E-state index >= 15 is 0 Å². The molecule has 4 aliphatic carbocycles. The molecule has 4 aliphatic rings. The van der Waals surface area contributed by atoms with Gasteiger partial charge >= 0.3 is 0 Å². The predicted octanol–water partition coefficient (Wildman–Crippen LogP) is 6.30. The van der Waals surface area contributed by atoms with Crippen LogP contribution < -0.4 is 0 Å². The van der Waals surface area contributed by atoms with Crippen molar-refractivity contribution < 1.29 is 5.11 Å². The second-order valence-electron chi connectivity index (χ2n) is 8.19. The van der Waals surface area contributed by atoms with Crippen LogP contribution in [0.3, 0.4) is 0 Å². The third-order valence-corrected chi connectivity index (χ3v) is 6.85. The average Bonchev–Trinajstić information content (AvgIpc) is 2.60. The molecule has 4 bridgehead atoms. The minimum Gasteiger partial charge on any atom is -0.508 e.